The van der Waals surface area contributed by atoms with E-state index in [1.165, 1.54) is 18.3 Å². The van der Waals surface area contributed by atoms with Crippen LogP contribution in [-0.4, -0.2) is 14.8 Å². The van der Waals surface area contributed by atoms with Gasteiger partial charge in [0.05, 0.1) is 0 Å². The van der Waals surface area contributed by atoms with E-state index >= 15 is 0 Å². The molecule has 1 aromatic rings. The van der Waals surface area contributed by atoms with E-state index in [2.05, 4.69) is 4.99 Å². The molecule has 0 spiro atoms. The third-order valence-electron chi connectivity index (χ3n) is 1.33. The lowest BCUT2D eigenvalue weighted by atomic mass is 10.4. The molecular weight excluding hydrogens is 231 g/mol. The van der Waals surface area contributed by atoms with Crippen molar-refractivity contribution in [3.05, 3.63) is 16.4 Å². The Bertz CT molecular complexity index is 374. The number of carbonyl (C=O) groups excluding carboxylic acids is 1. The van der Waals surface area contributed by atoms with Crippen molar-refractivity contribution in [3.8, 4) is 0 Å². The van der Waals surface area contributed by atoms with Gasteiger partial charge in [-0.05, 0) is 6.92 Å². The van der Waals surface area contributed by atoms with Crippen molar-refractivity contribution < 1.29 is 4.79 Å². The SMILES string of the molecule is Cn1ccsc1=NC(=O)C(C)(Cl)Cl. The van der Waals surface area contributed by atoms with Crippen molar-refractivity contribution in [2.45, 2.75) is 11.3 Å². The largest absolute Gasteiger partial charge is 0.327 e. The Morgan fingerprint density at radius 1 is 1.69 bits per heavy atom. The van der Waals surface area contributed by atoms with E-state index in [1.807, 2.05) is 5.38 Å². The van der Waals surface area contributed by atoms with E-state index in [0.717, 1.165) is 0 Å². The summed E-state index contributed by atoms with van der Waals surface area (Å²) in [7, 11) is 1.79. The minimum Gasteiger partial charge on any atom is -0.327 e. The van der Waals surface area contributed by atoms with E-state index < -0.39 is 10.2 Å². The van der Waals surface area contributed by atoms with E-state index in [9.17, 15) is 4.79 Å². The number of amides is 1. The van der Waals surface area contributed by atoms with Crippen LogP contribution in [0.25, 0.3) is 0 Å². The first-order chi connectivity index (χ1) is 5.91. The summed E-state index contributed by atoms with van der Waals surface area (Å²) in [6, 6.07) is 0. The monoisotopic (exact) mass is 238 g/mol. The summed E-state index contributed by atoms with van der Waals surface area (Å²) in [6.45, 7) is 1.40. The van der Waals surface area contributed by atoms with Crippen LogP contribution in [0.4, 0.5) is 0 Å². The van der Waals surface area contributed by atoms with E-state index in [0.29, 0.717) is 4.80 Å². The quantitative estimate of drug-likeness (QED) is 0.687. The van der Waals surface area contributed by atoms with E-state index in [4.69, 9.17) is 23.2 Å². The standard InChI is InChI=1S/C7H8Cl2N2OS/c1-7(8,9)5(12)10-6-11(2)3-4-13-6/h3-4H,1-2H3. The maximum atomic E-state index is 11.2. The van der Waals surface area contributed by atoms with E-state index in [1.54, 1.807) is 17.8 Å². The maximum absolute atomic E-state index is 11.2. The molecule has 0 aliphatic carbocycles. The van der Waals surface area contributed by atoms with Crippen LogP contribution in [0, 0.1) is 0 Å². The average Bonchev–Trinajstić information content (AvgIpc) is 2.34. The summed E-state index contributed by atoms with van der Waals surface area (Å²) < 4.78 is 0.277. The lowest BCUT2D eigenvalue weighted by molar-refractivity contribution is -0.118. The molecule has 1 heterocycles. The van der Waals surface area contributed by atoms with Gasteiger partial charge in [-0.25, -0.2) is 0 Å². The molecule has 1 rings (SSSR count). The van der Waals surface area contributed by atoms with Crippen LogP contribution in [0.5, 0.6) is 0 Å². The number of hydrogen-bond donors (Lipinski definition) is 0. The van der Waals surface area contributed by atoms with Gasteiger partial charge < -0.3 is 4.57 Å². The predicted octanol–water partition coefficient (Wildman–Crippen LogP) is 1.71. The molecular formula is C7H8Cl2N2OS. The molecule has 0 aliphatic rings. The summed E-state index contributed by atoms with van der Waals surface area (Å²) in [5, 5.41) is 1.83. The molecule has 1 amide bonds. The van der Waals surface area contributed by atoms with Crippen LogP contribution in [0.2, 0.25) is 0 Å². The molecule has 0 saturated heterocycles. The molecule has 72 valence electrons. The number of alkyl halides is 2. The first kappa shape index (κ1) is 10.8. The van der Waals surface area contributed by atoms with Crippen molar-refractivity contribution >= 4 is 40.4 Å². The summed E-state index contributed by atoms with van der Waals surface area (Å²) in [5.74, 6) is -0.547. The normalized spacial score (nSPS) is 13.4. The first-order valence-corrected chi connectivity index (χ1v) is 5.12. The lowest BCUT2D eigenvalue weighted by Gasteiger charge is -2.05. The number of rotatable bonds is 1. The number of hydrogen-bond acceptors (Lipinski definition) is 2. The summed E-state index contributed by atoms with van der Waals surface area (Å²) >= 11 is 12.5. The number of nitrogens with zero attached hydrogens (tertiary/aromatic N) is 2. The molecule has 1 aromatic heterocycles. The summed E-state index contributed by atoms with van der Waals surface area (Å²) in [4.78, 5) is 15.6. The van der Waals surface area contributed by atoms with Gasteiger partial charge in [0.15, 0.2) is 9.13 Å². The number of aryl methyl sites for hydroxylation is 1. The van der Waals surface area contributed by atoms with Gasteiger partial charge in [-0.3, -0.25) is 4.79 Å². The molecule has 0 aromatic carbocycles. The van der Waals surface area contributed by atoms with Gasteiger partial charge in [-0.2, -0.15) is 4.99 Å². The Morgan fingerprint density at radius 3 is 2.69 bits per heavy atom. The third-order valence-corrected chi connectivity index (χ3v) is 2.50. The van der Waals surface area contributed by atoms with Crippen molar-refractivity contribution in [1.82, 2.24) is 4.57 Å². The van der Waals surface area contributed by atoms with Crippen molar-refractivity contribution in [2.75, 3.05) is 0 Å². The highest BCUT2D eigenvalue weighted by Gasteiger charge is 2.26. The van der Waals surface area contributed by atoms with Crippen LogP contribution in [0.3, 0.4) is 0 Å². The third kappa shape index (κ3) is 2.83. The second kappa shape index (κ2) is 3.82. The van der Waals surface area contributed by atoms with Gasteiger partial charge in [-0.15, -0.1) is 11.3 Å². The van der Waals surface area contributed by atoms with E-state index in [-0.39, 0.29) is 0 Å². The smallest absolute Gasteiger partial charge is 0.284 e. The molecule has 0 atom stereocenters. The molecule has 0 unspecified atom stereocenters. The van der Waals surface area contributed by atoms with Crippen LogP contribution in [0.1, 0.15) is 6.92 Å². The summed E-state index contributed by atoms with van der Waals surface area (Å²) in [5.41, 5.74) is 0. The average molecular weight is 239 g/mol. The number of thiazole rings is 1. The highest BCUT2D eigenvalue weighted by Crippen LogP contribution is 2.20. The fourth-order valence-electron chi connectivity index (χ4n) is 0.620. The zero-order valence-corrected chi connectivity index (χ0v) is 9.45. The molecule has 0 fully saturated rings. The molecule has 0 aliphatic heterocycles. The lowest BCUT2D eigenvalue weighted by Crippen LogP contribution is -2.23. The van der Waals surface area contributed by atoms with Gasteiger partial charge in [0.25, 0.3) is 5.91 Å². The molecule has 0 saturated carbocycles. The zero-order valence-electron chi connectivity index (χ0n) is 7.12. The fraction of sp³-hybridized carbons (Fsp3) is 0.429. The fourth-order valence-corrected chi connectivity index (χ4v) is 1.43. The van der Waals surface area contributed by atoms with Gasteiger partial charge in [0.2, 0.25) is 0 Å². The minimum absolute atomic E-state index is 0.547. The molecule has 6 heteroatoms. The highest BCUT2D eigenvalue weighted by molar-refractivity contribution is 7.07. The van der Waals surface area contributed by atoms with Crippen molar-refractivity contribution in [2.24, 2.45) is 12.0 Å². The molecule has 0 N–H and O–H groups in total. The number of halogens is 2. The second-order valence-electron chi connectivity index (χ2n) is 2.60. The number of aromatic nitrogens is 1. The van der Waals surface area contributed by atoms with Crippen LogP contribution in [0.15, 0.2) is 16.6 Å². The molecule has 0 radical (unpaired) electrons. The van der Waals surface area contributed by atoms with Gasteiger partial charge in [-0.1, -0.05) is 23.2 Å². The Hall–Kier alpha value is -0.320. The molecule has 3 nitrogen and oxygen atoms in total. The van der Waals surface area contributed by atoms with Gasteiger partial charge in [0, 0.05) is 18.6 Å². The van der Waals surface area contributed by atoms with Crippen LogP contribution >= 0.6 is 34.5 Å². The van der Waals surface area contributed by atoms with Crippen molar-refractivity contribution in [3.63, 3.8) is 0 Å². The Labute approximate surface area is 89.6 Å². The van der Waals surface area contributed by atoms with Crippen LogP contribution in [-0.2, 0) is 11.8 Å². The Balaban J connectivity index is 3.04. The number of carbonyl (C=O) groups is 1. The van der Waals surface area contributed by atoms with Gasteiger partial charge >= 0.3 is 0 Å². The minimum atomic E-state index is -1.45. The van der Waals surface area contributed by atoms with Gasteiger partial charge in [0.1, 0.15) is 0 Å². The molecule has 13 heavy (non-hydrogen) atoms. The maximum Gasteiger partial charge on any atom is 0.284 e. The Morgan fingerprint density at radius 2 is 2.31 bits per heavy atom. The summed E-state index contributed by atoms with van der Waals surface area (Å²) in [6.07, 6.45) is 1.80. The van der Waals surface area contributed by atoms with Crippen molar-refractivity contribution in [1.29, 1.82) is 0 Å². The topological polar surface area (TPSA) is 34.4 Å². The predicted molar refractivity (Wildman–Crippen MR) is 54.0 cm³/mol. The zero-order chi connectivity index (χ0) is 10.1. The highest BCUT2D eigenvalue weighted by atomic mass is 35.5. The second-order valence-corrected chi connectivity index (χ2v) is 5.18. The molecule has 0 bridgehead atoms. The first-order valence-electron chi connectivity index (χ1n) is 3.48. The Kier molecular flexibility index (Phi) is 3.16. The van der Waals surface area contributed by atoms with Crippen LogP contribution < -0.4 is 4.80 Å².